The summed E-state index contributed by atoms with van der Waals surface area (Å²) in [5.41, 5.74) is 0.277. The maximum Gasteiger partial charge on any atom is 0.328 e. The van der Waals surface area contributed by atoms with Crippen LogP contribution in [0, 0.1) is 5.82 Å². The summed E-state index contributed by atoms with van der Waals surface area (Å²) in [5.74, 6) is -2.12. The average molecular weight is 293 g/mol. The fraction of sp³-hybridized carbons (Fsp3) is 0.333. The van der Waals surface area contributed by atoms with E-state index in [0.29, 0.717) is 0 Å². The molecule has 1 N–H and O–H groups in total. The molecule has 0 atom stereocenters. The van der Waals surface area contributed by atoms with Gasteiger partial charge in [0.25, 0.3) is 5.91 Å². The number of ether oxygens (including phenoxy) is 1. The molecule has 0 aromatic heterocycles. The molecule has 21 heavy (non-hydrogen) atoms. The highest BCUT2D eigenvalue weighted by atomic mass is 19.1. The fourth-order valence-electron chi connectivity index (χ4n) is 1.87. The predicted molar refractivity (Wildman–Crippen MR) is 74.4 cm³/mol. The third-order valence-corrected chi connectivity index (χ3v) is 3.23. The Morgan fingerprint density at radius 1 is 1.48 bits per heavy atom. The van der Waals surface area contributed by atoms with Gasteiger partial charge < -0.3 is 14.7 Å². The highest BCUT2D eigenvalue weighted by molar-refractivity contribution is 5.86. The number of para-hydroxylation sites is 1. The van der Waals surface area contributed by atoms with E-state index in [1.807, 2.05) is 0 Å². The lowest BCUT2D eigenvalue weighted by Crippen LogP contribution is -2.33. The van der Waals surface area contributed by atoms with E-state index in [-0.39, 0.29) is 29.9 Å². The van der Waals surface area contributed by atoms with E-state index in [1.165, 1.54) is 24.3 Å². The van der Waals surface area contributed by atoms with Gasteiger partial charge in [-0.2, -0.15) is 0 Å². The molecule has 112 valence electrons. The van der Waals surface area contributed by atoms with Gasteiger partial charge in [-0.25, -0.2) is 9.18 Å². The number of benzene rings is 1. The quantitative estimate of drug-likeness (QED) is 0.814. The minimum absolute atomic E-state index is 0.118. The van der Waals surface area contributed by atoms with E-state index in [0.717, 1.165) is 18.9 Å². The summed E-state index contributed by atoms with van der Waals surface area (Å²) in [6, 6.07) is 4.42. The van der Waals surface area contributed by atoms with E-state index >= 15 is 0 Å². The molecular weight excluding hydrogens is 277 g/mol. The molecule has 1 fully saturated rings. The largest absolute Gasteiger partial charge is 0.480 e. The average Bonchev–Trinajstić information content (AvgIpc) is 3.27. The normalized spacial score (nSPS) is 14.2. The van der Waals surface area contributed by atoms with E-state index < -0.39 is 11.8 Å². The molecular formula is C15H16FNO4. The third-order valence-electron chi connectivity index (χ3n) is 3.23. The van der Waals surface area contributed by atoms with Gasteiger partial charge in [0.15, 0.2) is 18.2 Å². The number of hydrogen-bond acceptors (Lipinski definition) is 3. The minimum atomic E-state index is -1.14. The first kappa shape index (κ1) is 15.0. The summed E-state index contributed by atoms with van der Waals surface area (Å²) >= 11 is 0. The van der Waals surface area contributed by atoms with Crippen LogP contribution in [0.3, 0.4) is 0 Å². The molecule has 2 rings (SSSR count). The zero-order valence-corrected chi connectivity index (χ0v) is 11.6. The molecule has 0 radical (unpaired) electrons. The number of carboxylic acids is 1. The van der Waals surface area contributed by atoms with E-state index in [9.17, 15) is 14.0 Å². The maximum absolute atomic E-state index is 13.8. The predicted octanol–water partition coefficient (Wildman–Crippen LogP) is 1.92. The van der Waals surface area contributed by atoms with Gasteiger partial charge in [-0.1, -0.05) is 12.1 Å². The van der Waals surface area contributed by atoms with Crippen molar-refractivity contribution < 1.29 is 23.8 Å². The van der Waals surface area contributed by atoms with Crippen molar-refractivity contribution in [2.75, 3.05) is 13.7 Å². The SMILES string of the molecule is CN(C(=O)COc1c(F)cccc1/C=C/C(=O)O)C1CC1. The Kier molecular flexibility index (Phi) is 4.57. The van der Waals surface area contributed by atoms with Crippen LogP contribution in [0.15, 0.2) is 24.3 Å². The smallest absolute Gasteiger partial charge is 0.328 e. The second-order valence-corrected chi connectivity index (χ2v) is 4.85. The molecule has 1 amide bonds. The Balaban J connectivity index is 2.07. The monoisotopic (exact) mass is 293 g/mol. The van der Waals surface area contributed by atoms with Gasteiger partial charge in [0, 0.05) is 24.7 Å². The van der Waals surface area contributed by atoms with Gasteiger partial charge in [-0.3, -0.25) is 4.79 Å². The van der Waals surface area contributed by atoms with E-state index in [4.69, 9.17) is 9.84 Å². The molecule has 1 aliphatic carbocycles. The topological polar surface area (TPSA) is 66.8 Å². The van der Waals surface area contributed by atoms with Crippen molar-refractivity contribution in [2.45, 2.75) is 18.9 Å². The third kappa shape index (κ3) is 4.05. The van der Waals surface area contributed by atoms with Crippen molar-refractivity contribution in [3.63, 3.8) is 0 Å². The molecule has 5 nitrogen and oxygen atoms in total. The lowest BCUT2D eigenvalue weighted by molar-refractivity contribution is -0.133. The number of likely N-dealkylation sites (N-methyl/N-ethyl adjacent to an activating group) is 1. The van der Waals surface area contributed by atoms with Crippen LogP contribution in [0.4, 0.5) is 4.39 Å². The molecule has 1 aromatic rings. The number of carbonyl (C=O) groups excluding carboxylic acids is 1. The Bertz CT molecular complexity index is 581. The van der Waals surface area contributed by atoms with Gasteiger partial charge in [-0.15, -0.1) is 0 Å². The number of rotatable bonds is 6. The Labute approximate surface area is 121 Å². The molecule has 1 saturated carbocycles. The molecule has 0 spiro atoms. The van der Waals surface area contributed by atoms with Crippen LogP contribution in [0.5, 0.6) is 5.75 Å². The van der Waals surface area contributed by atoms with Crippen LogP contribution in [-0.4, -0.2) is 41.6 Å². The van der Waals surface area contributed by atoms with Crippen molar-refractivity contribution in [1.29, 1.82) is 0 Å². The zero-order chi connectivity index (χ0) is 15.4. The van der Waals surface area contributed by atoms with E-state index in [2.05, 4.69) is 0 Å². The maximum atomic E-state index is 13.8. The van der Waals surface area contributed by atoms with Gasteiger partial charge in [0.2, 0.25) is 0 Å². The number of halogens is 1. The molecule has 0 bridgehead atoms. The Morgan fingerprint density at radius 2 is 2.19 bits per heavy atom. The summed E-state index contributed by atoms with van der Waals surface area (Å²) in [7, 11) is 1.69. The number of amides is 1. The standard InChI is InChI=1S/C15H16FNO4/c1-17(11-6-7-11)13(18)9-21-15-10(5-8-14(19)20)3-2-4-12(15)16/h2-5,8,11H,6-7,9H2,1H3,(H,19,20)/b8-5+. The summed E-state index contributed by atoms with van der Waals surface area (Å²) in [4.78, 5) is 24.0. The zero-order valence-electron chi connectivity index (χ0n) is 11.6. The second kappa shape index (κ2) is 6.39. The number of carbonyl (C=O) groups is 2. The second-order valence-electron chi connectivity index (χ2n) is 4.85. The molecule has 1 aliphatic rings. The fourth-order valence-corrected chi connectivity index (χ4v) is 1.87. The van der Waals surface area contributed by atoms with Crippen molar-refractivity contribution in [3.8, 4) is 5.75 Å². The molecule has 0 heterocycles. The highest BCUT2D eigenvalue weighted by Gasteiger charge is 2.29. The van der Waals surface area contributed by atoms with Gasteiger partial charge >= 0.3 is 5.97 Å². The summed E-state index contributed by atoms with van der Waals surface area (Å²) in [6.45, 7) is -0.276. The van der Waals surface area contributed by atoms with Crippen LogP contribution < -0.4 is 4.74 Å². The molecule has 0 aliphatic heterocycles. The van der Waals surface area contributed by atoms with E-state index in [1.54, 1.807) is 11.9 Å². The molecule has 0 unspecified atom stereocenters. The molecule has 1 aromatic carbocycles. The van der Waals surface area contributed by atoms with Gasteiger partial charge in [0.1, 0.15) is 0 Å². The molecule has 6 heteroatoms. The van der Waals surface area contributed by atoms with Crippen LogP contribution in [0.2, 0.25) is 0 Å². The summed E-state index contributed by atoms with van der Waals surface area (Å²) in [5, 5.41) is 8.61. The van der Waals surface area contributed by atoms with Gasteiger partial charge in [0.05, 0.1) is 0 Å². The lowest BCUT2D eigenvalue weighted by atomic mass is 10.2. The van der Waals surface area contributed by atoms with Crippen molar-refractivity contribution in [3.05, 3.63) is 35.7 Å². The van der Waals surface area contributed by atoms with Crippen LogP contribution in [0.1, 0.15) is 18.4 Å². The van der Waals surface area contributed by atoms with Crippen molar-refractivity contribution in [1.82, 2.24) is 4.90 Å². The number of carboxylic acid groups (broad SMARTS) is 1. The first-order valence-electron chi connectivity index (χ1n) is 6.57. The Morgan fingerprint density at radius 3 is 2.81 bits per heavy atom. The molecule has 0 saturated heterocycles. The lowest BCUT2D eigenvalue weighted by Gasteiger charge is -2.17. The first-order chi connectivity index (χ1) is 9.99. The highest BCUT2D eigenvalue weighted by Crippen LogP contribution is 2.26. The van der Waals surface area contributed by atoms with Crippen LogP contribution in [0.25, 0.3) is 6.08 Å². The number of hydrogen-bond donors (Lipinski definition) is 1. The van der Waals surface area contributed by atoms with Gasteiger partial charge in [-0.05, 0) is 25.0 Å². The van der Waals surface area contributed by atoms with Crippen molar-refractivity contribution in [2.24, 2.45) is 0 Å². The van der Waals surface area contributed by atoms with Crippen LogP contribution >= 0.6 is 0 Å². The first-order valence-corrected chi connectivity index (χ1v) is 6.57. The summed E-state index contributed by atoms with van der Waals surface area (Å²) in [6.07, 6.45) is 4.08. The number of nitrogens with zero attached hydrogens (tertiary/aromatic N) is 1. The number of aliphatic carboxylic acids is 1. The summed E-state index contributed by atoms with van der Waals surface area (Å²) < 4.78 is 19.0. The van der Waals surface area contributed by atoms with Crippen LogP contribution in [-0.2, 0) is 9.59 Å². The Hall–Kier alpha value is -2.37. The minimum Gasteiger partial charge on any atom is -0.480 e. The van der Waals surface area contributed by atoms with Crippen molar-refractivity contribution >= 4 is 18.0 Å².